The summed E-state index contributed by atoms with van der Waals surface area (Å²) in [7, 11) is 0. The lowest BCUT2D eigenvalue weighted by molar-refractivity contribution is 0.0846. The minimum Gasteiger partial charge on any atom is -0.489 e. The second-order valence-electron chi connectivity index (χ2n) is 5.65. The molecule has 3 heterocycles. The standard InChI is InChI=1S/C18H15N3O3/c1-2-13-10-15(22)14-4-3-12(9-16(14)23-13)18-20-17(21-24-18)11-5-7-19-8-6-11/h3-9,13H,2,10H2,1H3. The van der Waals surface area contributed by atoms with Crippen molar-refractivity contribution in [3.8, 4) is 28.6 Å². The zero-order chi connectivity index (χ0) is 16.5. The number of hydrogen-bond acceptors (Lipinski definition) is 6. The third-order valence-electron chi connectivity index (χ3n) is 4.06. The lowest BCUT2D eigenvalue weighted by atomic mass is 9.98. The van der Waals surface area contributed by atoms with Gasteiger partial charge in [-0.25, -0.2) is 0 Å². The van der Waals surface area contributed by atoms with Gasteiger partial charge >= 0.3 is 0 Å². The Bertz CT molecular complexity index is 890. The predicted molar refractivity (Wildman–Crippen MR) is 86.6 cm³/mol. The molecule has 0 N–H and O–H groups in total. The SMILES string of the molecule is CCC1CC(=O)c2ccc(-c3nc(-c4ccncc4)no3)cc2O1. The van der Waals surface area contributed by atoms with Gasteiger partial charge in [0, 0.05) is 29.9 Å². The molecule has 6 heteroatoms. The first-order chi connectivity index (χ1) is 11.7. The second-order valence-corrected chi connectivity index (χ2v) is 5.65. The number of rotatable bonds is 3. The number of Topliss-reactive ketones (excluding diaryl/α,β-unsaturated/α-hetero) is 1. The molecule has 0 amide bonds. The Hall–Kier alpha value is -3.02. The maximum absolute atomic E-state index is 12.2. The molecular formula is C18H15N3O3. The van der Waals surface area contributed by atoms with Crippen molar-refractivity contribution in [3.05, 3.63) is 48.3 Å². The Morgan fingerprint density at radius 1 is 1.17 bits per heavy atom. The van der Waals surface area contributed by atoms with Gasteiger partial charge in [0.05, 0.1) is 5.56 Å². The molecule has 1 aliphatic heterocycles. The third-order valence-corrected chi connectivity index (χ3v) is 4.06. The number of benzene rings is 1. The van der Waals surface area contributed by atoms with Gasteiger partial charge in [-0.3, -0.25) is 9.78 Å². The number of hydrogen-bond donors (Lipinski definition) is 0. The molecule has 0 radical (unpaired) electrons. The first-order valence-electron chi connectivity index (χ1n) is 7.83. The van der Waals surface area contributed by atoms with Crippen LogP contribution in [0, 0.1) is 0 Å². The van der Waals surface area contributed by atoms with Crippen molar-refractivity contribution in [2.24, 2.45) is 0 Å². The fourth-order valence-corrected chi connectivity index (χ4v) is 2.71. The highest BCUT2D eigenvalue weighted by molar-refractivity contribution is 6.00. The van der Waals surface area contributed by atoms with E-state index in [1.54, 1.807) is 30.6 Å². The molecule has 24 heavy (non-hydrogen) atoms. The summed E-state index contributed by atoms with van der Waals surface area (Å²) in [6, 6.07) is 8.98. The molecule has 0 bridgehead atoms. The average Bonchev–Trinajstić information content (AvgIpc) is 3.12. The van der Waals surface area contributed by atoms with Crippen LogP contribution < -0.4 is 4.74 Å². The van der Waals surface area contributed by atoms with E-state index in [4.69, 9.17) is 9.26 Å². The molecule has 1 atom stereocenters. The highest BCUT2D eigenvalue weighted by Gasteiger charge is 2.26. The molecular weight excluding hydrogens is 306 g/mol. The van der Waals surface area contributed by atoms with Crippen LogP contribution in [0.1, 0.15) is 30.1 Å². The Morgan fingerprint density at radius 2 is 2.00 bits per heavy atom. The van der Waals surface area contributed by atoms with Crippen LogP contribution in [-0.4, -0.2) is 27.0 Å². The van der Waals surface area contributed by atoms with E-state index in [1.807, 2.05) is 19.1 Å². The molecule has 3 aromatic rings. The molecule has 1 aliphatic rings. The lowest BCUT2D eigenvalue weighted by Crippen LogP contribution is -2.26. The monoisotopic (exact) mass is 321 g/mol. The van der Waals surface area contributed by atoms with Crippen molar-refractivity contribution in [1.82, 2.24) is 15.1 Å². The van der Waals surface area contributed by atoms with Crippen LogP contribution in [0.5, 0.6) is 5.75 Å². The Morgan fingerprint density at radius 3 is 2.79 bits per heavy atom. The van der Waals surface area contributed by atoms with Gasteiger partial charge in [-0.15, -0.1) is 0 Å². The molecule has 4 rings (SSSR count). The molecule has 0 fully saturated rings. The first kappa shape index (κ1) is 14.6. The summed E-state index contributed by atoms with van der Waals surface area (Å²) in [5.74, 6) is 1.57. The van der Waals surface area contributed by atoms with E-state index >= 15 is 0 Å². The zero-order valence-electron chi connectivity index (χ0n) is 13.1. The molecule has 0 aliphatic carbocycles. The smallest absolute Gasteiger partial charge is 0.258 e. The van der Waals surface area contributed by atoms with Crippen LogP contribution in [0.25, 0.3) is 22.8 Å². The number of ketones is 1. The van der Waals surface area contributed by atoms with E-state index in [-0.39, 0.29) is 11.9 Å². The summed E-state index contributed by atoms with van der Waals surface area (Å²) in [5, 5.41) is 4.00. The summed E-state index contributed by atoms with van der Waals surface area (Å²) >= 11 is 0. The van der Waals surface area contributed by atoms with E-state index < -0.39 is 0 Å². The Kier molecular flexibility index (Phi) is 3.57. The van der Waals surface area contributed by atoms with Crippen LogP contribution in [0.4, 0.5) is 0 Å². The number of carbonyl (C=O) groups is 1. The van der Waals surface area contributed by atoms with E-state index in [2.05, 4.69) is 15.1 Å². The molecule has 120 valence electrons. The van der Waals surface area contributed by atoms with E-state index in [1.165, 1.54) is 0 Å². The molecule has 0 saturated heterocycles. The van der Waals surface area contributed by atoms with Crippen molar-refractivity contribution in [2.45, 2.75) is 25.9 Å². The fraction of sp³-hybridized carbons (Fsp3) is 0.222. The predicted octanol–water partition coefficient (Wildman–Crippen LogP) is 3.54. The first-order valence-corrected chi connectivity index (χ1v) is 7.83. The minimum atomic E-state index is -0.0738. The lowest BCUT2D eigenvalue weighted by Gasteiger charge is -2.24. The number of carbonyl (C=O) groups excluding carboxylic acids is 1. The summed E-state index contributed by atoms with van der Waals surface area (Å²) < 4.78 is 11.2. The number of aromatic nitrogens is 3. The van der Waals surface area contributed by atoms with Gasteiger partial charge in [0.15, 0.2) is 5.78 Å². The summed E-state index contributed by atoms with van der Waals surface area (Å²) in [4.78, 5) is 20.5. The maximum atomic E-state index is 12.2. The van der Waals surface area contributed by atoms with Gasteiger partial charge in [-0.05, 0) is 36.8 Å². The number of nitrogens with zero attached hydrogens (tertiary/aromatic N) is 3. The zero-order valence-corrected chi connectivity index (χ0v) is 13.1. The van der Waals surface area contributed by atoms with Crippen LogP contribution >= 0.6 is 0 Å². The van der Waals surface area contributed by atoms with Crippen molar-refractivity contribution < 1.29 is 14.1 Å². The number of ether oxygens (including phenoxy) is 1. The van der Waals surface area contributed by atoms with Crippen molar-refractivity contribution in [3.63, 3.8) is 0 Å². The van der Waals surface area contributed by atoms with Crippen LogP contribution in [0.2, 0.25) is 0 Å². The highest BCUT2D eigenvalue weighted by Crippen LogP contribution is 2.33. The molecule has 0 saturated carbocycles. The van der Waals surface area contributed by atoms with Crippen molar-refractivity contribution >= 4 is 5.78 Å². The normalized spacial score (nSPS) is 16.5. The molecule has 1 unspecified atom stereocenters. The summed E-state index contributed by atoms with van der Waals surface area (Å²) in [5.41, 5.74) is 2.17. The Balaban J connectivity index is 1.69. The van der Waals surface area contributed by atoms with Crippen LogP contribution in [-0.2, 0) is 0 Å². The molecule has 0 spiro atoms. The van der Waals surface area contributed by atoms with Gasteiger partial charge < -0.3 is 9.26 Å². The summed E-state index contributed by atoms with van der Waals surface area (Å²) in [6.07, 6.45) is 4.50. The van der Waals surface area contributed by atoms with Crippen molar-refractivity contribution in [2.75, 3.05) is 0 Å². The van der Waals surface area contributed by atoms with Gasteiger partial charge in [0.1, 0.15) is 11.9 Å². The molecule has 2 aromatic heterocycles. The number of pyridine rings is 1. The Labute approximate surface area is 138 Å². The van der Waals surface area contributed by atoms with Gasteiger partial charge in [-0.1, -0.05) is 12.1 Å². The van der Waals surface area contributed by atoms with Crippen molar-refractivity contribution in [1.29, 1.82) is 0 Å². The second kappa shape index (κ2) is 5.88. The molecule has 6 nitrogen and oxygen atoms in total. The number of fused-ring (bicyclic) bond motifs is 1. The topological polar surface area (TPSA) is 78.1 Å². The van der Waals surface area contributed by atoms with E-state index in [0.717, 1.165) is 17.5 Å². The van der Waals surface area contributed by atoms with Crippen LogP contribution in [0.3, 0.4) is 0 Å². The fourth-order valence-electron chi connectivity index (χ4n) is 2.71. The third kappa shape index (κ3) is 2.56. The quantitative estimate of drug-likeness (QED) is 0.734. The summed E-state index contributed by atoms with van der Waals surface area (Å²) in [6.45, 7) is 2.01. The molecule has 1 aromatic carbocycles. The van der Waals surface area contributed by atoms with Gasteiger partial charge in [0.25, 0.3) is 5.89 Å². The van der Waals surface area contributed by atoms with E-state index in [9.17, 15) is 4.79 Å². The van der Waals surface area contributed by atoms with Crippen LogP contribution in [0.15, 0.2) is 47.2 Å². The maximum Gasteiger partial charge on any atom is 0.258 e. The average molecular weight is 321 g/mol. The largest absolute Gasteiger partial charge is 0.489 e. The van der Waals surface area contributed by atoms with E-state index in [0.29, 0.717) is 29.4 Å². The van der Waals surface area contributed by atoms with Gasteiger partial charge in [-0.2, -0.15) is 4.98 Å². The highest BCUT2D eigenvalue weighted by atomic mass is 16.5. The minimum absolute atomic E-state index is 0.0738. The van der Waals surface area contributed by atoms with Gasteiger partial charge in [0.2, 0.25) is 5.82 Å².